The molecule has 126 valence electrons. The van der Waals surface area contributed by atoms with Gasteiger partial charge in [0.2, 0.25) is 0 Å². The molecule has 2 N–H and O–H groups in total. The van der Waals surface area contributed by atoms with Crippen molar-refractivity contribution in [2.45, 2.75) is 4.90 Å². The monoisotopic (exact) mass is 348 g/mol. The Morgan fingerprint density at radius 1 is 1.17 bits per heavy atom. The van der Waals surface area contributed by atoms with E-state index in [1.165, 1.54) is 24.1 Å². The predicted octanol–water partition coefficient (Wildman–Crippen LogP) is 2.14. The Balaban J connectivity index is 2.22. The van der Waals surface area contributed by atoms with Crippen LogP contribution in [0.1, 0.15) is 0 Å². The van der Waals surface area contributed by atoms with Crippen LogP contribution in [0.25, 0.3) is 11.1 Å². The molecule has 0 unspecified atom stereocenters. The van der Waals surface area contributed by atoms with E-state index in [1.54, 1.807) is 30.3 Å². The first-order valence-electron chi connectivity index (χ1n) is 7.22. The minimum atomic E-state index is -4.44. The van der Waals surface area contributed by atoms with Crippen molar-refractivity contribution >= 4 is 21.8 Å². The van der Waals surface area contributed by atoms with Gasteiger partial charge in [0.05, 0.1) is 7.11 Å². The zero-order chi connectivity index (χ0) is 17.3. The normalized spacial score (nSPS) is 14.6. The van der Waals surface area contributed by atoms with E-state index >= 15 is 0 Å². The molecule has 2 amide bonds. The third-order valence-electron chi connectivity index (χ3n) is 3.81. The molecule has 0 aromatic heterocycles. The topological polar surface area (TPSA) is 95.9 Å². The molecule has 24 heavy (non-hydrogen) atoms. The number of carbonyl (C=O) groups is 1. The number of methoxy groups -OCH3 is 1. The van der Waals surface area contributed by atoms with E-state index in [9.17, 15) is 17.8 Å². The molecule has 0 radical (unpaired) electrons. The first kappa shape index (κ1) is 16.3. The van der Waals surface area contributed by atoms with E-state index in [0.717, 1.165) is 0 Å². The van der Waals surface area contributed by atoms with Crippen LogP contribution in [0.4, 0.5) is 10.5 Å². The Hall–Kier alpha value is -2.58. The average Bonchev–Trinajstić information content (AvgIpc) is 2.99. The van der Waals surface area contributed by atoms with Crippen LogP contribution in [0.3, 0.4) is 0 Å². The molecule has 8 heteroatoms. The lowest BCUT2D eigenvalue weighted by Crippen LogP contribution is -2.27. The molecule has 0 atom stereocenters. The molecule has 1 aliphatic heterocycles. The maximum absolute atomic E-state index is 11.8. The Kier molecular flexibility index (Phi) is 4.16. The lowest BCUT2D eigenvalue weighted by Gasteiger charge is -2.18. The number of ether oxygens (including phenoxy) is 1. The van der Waals surface area contributed by atoms with Gasteiger partial charge in [-0.2, -0.15) is 8.42 Å². The number of hydrogen-bond acceptors (Lipinski definition) is 4. The summed E-state index contributed by atoms with van der Waals surface area (Å²) >= 11 is 0. The molecule has 1 aliphatic rings. The fourth-order valence-corrected chi connectivity index (χ4v) is 3.39. The number of nitrogens with zero attached hydrogens (tertiary/aromatic N) is 1. The number of rotatable bonds is 4. The highest BCUT2D eigenvalue weighted by molar-refractivity contribution is 7.86. The number of urea groups is 1. The van der Waals surface area contributed by atoms with Crippen molar-refractivity contribution in [1.29, 1.82) is 0 Å². The number of amides is 2. The maximum Gasteiger partial charge on any atom is 0.321 e. The van der Waals surface area contributed by atoms with Gasteiger partial charge in [0, 0.05) is 29.9 Å². The zero-order valence-corrected chi connectivity index (χ0v) is 13.7. The van der Waals surface area contributed by atoms with Crippen molar-refractivity contribution in [1.82, 2.24) is 5.32 Å². The van der Waals surface area contributed by atoms with Gasteiger partial charge in [-0.25, -0.2) is 4.79 Å². The summed E-state index contributed by atoms with van der Waals surface area (Å²) in [4.78, 5) is 13.1. The third kappa shape index (κ3) is 2.93. The number of benzene rings is 2. The number of nitrogens with one attached hydrogen (secondary N) is 1. The van der Waals surface area contributed by atoms with Gasteiger partial charge in [0.25, 0.3) is 10.1 Å². The average molecular weight is 348 g/mol. The van der Waals surface area contributed by atoms with Crippen LogP contribution in [0, 0.1) is 0 Å². The van der Waals surface area contributed by atoms with E-state index in [1.807, 2.05) is 0 Å². The summed E-state index contributed by atoms with van der Waals surface area (Å²) in [6, 6.07) is 11.0. The number of hydrogen-bond donors (Lipinski definition) is 2. The molecule has 3 rings (SSSR count). The molecule has 1 heterocycles. The van der Waals surface area contributed by atoms with Crippen molar-refractivity contribution in [2.24, 2.45) is 0 Å². The first-order chi connectivity index (χ1) is 11.4. The molecule has 2 aromatic carbocycles. The van der Waals surface area contributed by atoms with Crippen LogP contribution >= 0.6 is 0 Å². The Labute approximate surface area is 139 Å². The summed E-state index contributed by atoms with van der Waals surface area (Å²) in [7, 11) is -2.96. The van der Waals surface area contributed by atoms with Gasteiger partial charge in [-0.1, -0.05) is 18.2 Å². The van der Waals surface area contributed by atoms with Crippen LogP contribution in [0.2, 0.25) is 0 Å². The summed E-state index contributed by atoms with van der Waals surface area (Å²) in [5, 5.41) is 2.69. The van der Waals surface area contributed by atoms with E-state index in [-0.39, 0.29) is 16.5 Å². The quantitative estimate of drug-likeness (QED) is 0.825. The number of para-hydroxylation sites is 1. The molecular formula is C16H16N2O5S. The van der Waals surface area contributed by atoms with Crippen LogP contribution < -0.4 is 15.0 Å². The molecule has 1 fully saturated rings. The number of anilines is 1. The van der Waals surface area contributed by atoms with E-state index in [0.29, 0.717) is 30.1 Å². The molecule has 1 saturated heterocycles. The lowest BCUT2D eigenvalue weighted by molar-refractivity contribution is 0.252. The molecule has 0 bridgehead atoms. The van der Waals surface area contributed by atoms with Crippen LogP contribution in [0.15, 0.2) is 47.4 Å². The fraction of sp³-hybridized carbons (Fsp3) is 0.188. The minimum Gasteiger partial charge on any atom is -0.496 e. The number of carbonyl (C=O) groups excluding carboxylic acids is 1. The highest BCUT2D eigenvalue weighted by Gasteiger charge is 2.25. The fourth-order valence-electron chi connectivity index (χ4n) is 2.71. The smallest absolute Gasteiger partial charge is 0.321 e. The third-order valence-corrected chi connectivity index (χ3v) is 4.72. The summed E-state index contributed by atoms with van der Waals surface area (Å²) in [5.74, 6) is 0.463. The predicted molar refractivity (Wildman–Crippen MR) is 89.0 cm³/mol. The van der Waals surface area contributed by atoms with Gasteiger partial charge in [-0.05, 0) is 24.3 Å². The molecule has 0 saturated carbocycles. The highest BCUT2D eigenvalue weighted by Crippen LogP contribution is 2.37. The second-order valence-electron chi connectivity index (χ2n) is 5.24. The van der Waals surface area contributed by atoms with Gasteiger partial charge in [0.15, 0.2) is 0 Å². The summed E-state index contributed by atoms with van der Waals surface area (Å²) in [5.41, 5.74) is 1.32. The second kappa shape index (κ2) is 6.14. The SMILES string of the molecule is COc1ccccc1-c1cc(N2CCNC2=O)ccc1S(=O)(=O)O. The van der Waals surface area contributed by atoms with Crippen molar-refractivity contribution in [3.63, 3.8) is 0 Å². The molecule has 0 aliphatic carbocycles. The molecule has 0 spiro atoms. The van der Waals surface area contributed by atoms with Crippen molar-refractivity contribution in [3.8, 4) is 16.9 Å². The van der Waals surface area contributed by atoms with Crippen molar-refractivity contribution < 1.29 is 22.5 Å². The van der Waals surface area contributed by atoms with Crippen molar-refractivity contribution in [2.75, 3.05) is 25.1 Å². The Morgan fingerprint density at radius 3 is 2.54 bits per heavy atom. The van der Waals surface area contributed by atoms with Crippen molar-refractivity contribution in [3.05, 3.63) is 42.5 Å². The van der Waals surface area contributed by atoms with Gasteiger partial charge in [0.1, 0.15) is 10.6 Å². The van der Waals surface area contributed by atoms with Crippen LogP contribution in [-0.4, -0.2) is 39.2 Å². The Morgan fingerprint density at radius 2 is 1.92 bits per heavy atom. The Bertz CT molecular complexity index is 895. The van der Waals surface area contributed by atoms with Gasteiger partial charge in [-0.3, -0.25) is 9.45 Å². The van der Waals surface area contributed by atoms with Crippen LogP contribution in [0.5, 0.6) is 5.75 Å². The molecule has 2 aromatic rings. The lowest BCUT2D eigenvalue weighted by atomic mass is 10.0. The summed E-state index contributed by atoms with van der Waals surface area (Å²) in [6.07, 6.45) is 0. The van der Waals surface area contributed by atoms with E-state index in [4.69, 9.17) is 4.74 Å². The van der Waals surface area contributed by atoms with Gasteiger partial charge in [-0.15, -0.1) is 0 Å². The van der Waals surface area contributed by atoms with Gasteiger partial charge >= 0.3 is 6.03 Å². The molecular weight excluding hydrogens is 332 g/mol. The first-order valence-corrected chi connectivity index (χ1v) is 8.66. The maximum atomic E-state index is 11.8. The standard InChI is InChI=1S/C16H16N2O5S/c1-23-14-5-3-2-4-12(14)13-10-11(18-9-8-17-16(18)19)6-7-15(13)24(20,21)22/h2-7,10H,8-9H2,1H3,(H,17,19)(H,20,21,22). The second-order valence-corrected chi connectivity index (χ2v) is 6.63. The summed E-state index contributed by atoms with van der Waals surface area (Å²) < 4.78 is 38.3. The van der Waals surface area contributed by atoms with E-state index in [2.05, 4.69) is 5.32 Å². The minimum absolute atomic E-state index is 0.240. The zero-order valence-electron chi connectivity index (χ0n) is 12.9. The van der Waals surface area contributed by atoms with E-state index < -0.39 is 10.1 Å². The summed E-state index contributed by atoms with van der Waals surface area (Å²) in [6.45, 7) is 0.998. The highest BCUT2D eigenvalue weighted by atomic mass is 32.2. The van der Waals surface area contributed by atoms with Crippen LogP contribution in [-0.2, 0) is 10.1 Å². The molecule has 7 nitrogen and oxygen atoms in total. The largest absolute Gasteiger partial charge is 0.496 e. The van der Waals surface area contributed by atoms with Gasteiger partial charge < -0.3 is 10.1 Å².